The molecular weight excluding hydrogens is 164 g/mol. The van der Waals surface area contributed by atoms with Crippen LogP contribution in [0.5, 0.6) is 0 Å². The summed E-state index contributed by atoms with van der Waals surface area (Å²) in [5, 5.41) is 10.0. The number of rotatable bonds is 0. The van der Waals surface area contributed by atoms with Crippen LogP contribution in [0.4, 0.5) is 0 Å². The lowest BCUT2D eigenvalue weighted by Crippen LogP contribution is -2.05. The second kappa shape index (κ2) is 2.76. The summed E-state index contributed by atoms with van der Waals surface area (Å²) in [6, 6.07) is 9.08. The molecule has 0 radical (unpaired) electrons. The van der Waals surface area contributed by atoms with E-state index in [1.54, 1.807) is 18.2 Å². The molecule has 1 aromatic carbocycles. The Balaban J connectivity index is 3.04. The van der Waals surface area contributed by atoms with Crippen molar-refractivity contribution in [3.05, 3.63) is 46.4 Å². The van der Waals surface area contributed by atoms with Crippen molar-refractivity contribution in [1.82, 2.24) is 4.98 Å². The van der Waals surface area contributed by atoms with Crippen LogP contribution in [0.15, 0.2) is 35.3 Å². The highest BCUT2D eigenvalue weighted by atomic mass is 16.1. The first kappa shape index (κ1) is 7.56. The highest BCUT2D eigenvalue weighted by molar-refractivity contribution is 5.86. The summed E-state index contributed by atoms with van der Waals surface area (Å²) in [5.41, 5.74) is 0.338. The van der Waals surface area contributed by atoms with Crippen LogP contribution >= 0.6 is 0 Å². The lowest BCUT2D eigenvalue weighted by atomic mass is 10.1. The molecule has 0 amide bonds. The van der Waals surface area contributed by atoms with E-state index in [2.05, 4.69) is 4.98 Å². The van der Waals surface area contributed by atoms with Crippen molar-refractivity contribution in [2.45, 2.75) is 0 Å². The molecule has 0 aliphatic rings. The molecule has 0 unspecified atom stereocenters. The van der Waals surface area contributed by atoms with E-state index in [9.17, 15) is 4.79 Å². The molecule has 0 fully saturated rings. The van der Waals surface area contributed by atoms with Crippen molar-refractivity contribution < 1.29 is 0 Å². The van der Waals surface area contributed by atoms with Crippen molar-refractivity contribution in [3.63, 3.8) is 0 Å². The van der Waals surface area contributed by atoms with E-state index in [0.717, 1.165) is 0 Å². The molecule has 3 nitrogen and oxygen atoms in total. The Morgan fingerprint density at radius 3 is 2.62 bits per heavy atom. The summed E-state index contributed by atoms with van der Waals surface area (Å²) in [6.45, 7) is 0. The molecule has 62 valence electrons. The van der Waals surface area contributed by atoms with Gasteiger partial charge in [-0.3, -0.25) is 4.79 Å². The van der Waals surface area contributed by atoms with Crippen LogP contribution in [0.3, 0.4) is 0 Å². The second-order valence-corrected chi connectivity index (χ2v) is 2.69. The highest BCUT2D eigenvalue weighted by Gasteiger charge is 2.01. The molecule has 2 rings (SSSR count). The lowest BCUT2D eigenvalue weighted by molar-refractivity contribution is 1.26. The fourth-order valence-electron chi connectivity index (χ4n) is 1.30. The molecule has 0 saturated heterocycles. The van der Waals surface area contributed by atoms with E-state index in [1.807, 2.05) is 12.1 Å². The fraction of sp³-hybridized carbons (Fsp3) is 0. The number of hydrogen-bond acceptors (Lipinski definition) is 2. The zero-order valence-electron chi connectivity index (χ0n) is 6.74. The van der Waals surface area contributed by atoms with E-state index in [-0.39, 0.29) is 5.56 Å². The molecule has 1 aromatic heterocycles. The van der Waals surface area contributed by atoms with Gasteiger partial charge in [-0.25, -0.2) is 0 Å². The first-order valence-corrected chi connectivity index (χ1v) is 3.83. The molecule has 1 N–H and O–H groups in total. The van der Waals surface area contributed by atoms with Crippen LogP contribution in [0.25, 0.3) is 10.8 Å². The normalized spacial score (nSPS) is 9.77. The van der Waals surface area contributed by atoms with Crippen molar-refractivity contribution in [2.24, 2.45) is 0 Å². The number of hydrogen-bond donors (Lipinski definition) is 1. The number of fused-ring (bicyclic) bond motifs is 1. The third-order valence-corrected chi connectivity index (χ3v) is 1.93. The average molecular weight is 170 g/mol. The van der Waals surface area contributed by atoms with E-state index in [1.165, 1.54) is 6.20 Å². The maximum absolute atomic E-state index is 11.3. The van der Waals surface area contributed by atoms with Crippen LogP contribution < -0.4 is 5.56 Å². The Morgan fingerprint density at radius 1 is 1.23 bits per heavy atom. The summed E-state index contributed by atoms with van der Waals surface area (Å²) >= 11 is 0. The number of nitriles is 1. The highest BCUT2D eigenvalue weighted by Crippen LogP contribution is 2.12. The molecule has 1 heterocycles. The summed E-state index contributed by atoms with van der Waals surface area (Å²) in [4.78, 5) is 13.8. The lowest BCUT2D eigenvalue weighted by Gasteiger charge is -1.96. The number of H-pyrrole nitrogens is 1. The van der Waals surface area contributed by atoms with Gasteiger partial charge >= 0.3 is 0 Å². The predicted octanol–water partition coefficient (Wildman–Crippen LogP) is 1.40. The Hall–Kier alpha value is -2.08. The minimum Gasteiger partial charge on any atom is -0.327 e. The Bertz CT molecular complexity index is 549. The molecule has 0 spiro atoms. The number of aromatic nitrogens is 1. The summed E-state index contributed by atoms with van der Waals surface area (Å²) in [6.07, 6.45) is 1.44. The number of aromatic amines is 1. The molecule has 0 atom stereocenters. The maximum atomic E-state index is 11.3. The van der Waals surface area contributed by atoms with E-state index < -0.39 is 0 Å². The molecule has 13 heavy (non-hydrogen) atoms. The minimum absolute atomic E-state index is 0.158. The Kier molecular flexibility index (Phi) is 1.60. The van der Waals surface area contributed by atoms with Gasteiger partial charge in [-0.1, -0.05) is 18.2 Å². The zero-order chi connectivity index (χ0) is 9.26. The molecule has 0 aliphatic heterocycles. The Labute approximate surface area is 74.3 Å². The van der Waals surface area contributed by atoms with E-state index in [0.29, 0.717) is 16.3 Å². The first-order valence-electron chi connectivity index (χ1n) is 3.83. The van der Waals surface area contributed by atoms with Crippen LogP contribution in [-0.2, 0) is 0 Å². The van der Waals surface area contributed by atoms with Crippen molar-refractivity contribution >= 4 is 10.8 Å². The number of nitrogens with zero attached hydrogens (tertiary/aromatic N) is 1. The molecule has 3 heteroatoms. The van der Waals surface area contributed by atoms with Gasteiger partial charge in [0, 0.05) is 17.0 Å². The third-order valence-electron chi connectivity index (χ3n) is 1.93. The number of benzene rings is 1. The predicted molar refractivity (Wildman–Crippen MR) is 49.3 cm³/mol. The van der Waals surface area contributed by atoms with E-state index >= 15 is 0 Å². The SMILES string of the molecule is N#Cc1c[nH]c(=O)c2ccccc12. The van der Waals surface area contributed by atoms with Crippen molar-refractivity contribution in [3.8, 4) is 6.07 Å². The van der Waals surface area contributed by atoms with E-state index in [4.69, 9.17) is 5.26 Å². The van der Waals surface area contributed by atoms with Crippen molar-refractivity contribution in [2.75, 3.05) is 0 Å². The van der Waals surface area contributed by atoms with Crippen LogP contribution in [-0.4, -0.2) is 4.98 Å². The van der Waals surface area contributed by atoms with Crippen LogP contribution in [0.2, 0.25) is 0 Å². The average Bonchev–Trinajstić information content (AvgIpc) is 2.19. The van der Waals surface area contributed by atoms with Gasteiger partial charge in [0.2, 0.25) is 0 Å². The smallest absolute Gasteiger partial charge is 0.255 e. The quantitative estimate of drug-likeness (QED) is 0.649. The molecule has 0 saturated carbocycles. The van der Waals surface area contributed by atoms with Gasteiger partial charge in [-0.05, 0) is 6.07 Å². The van der Waals surface area contributed by atoms with Gasteiger partial charge in [0.05, 0.1) is 5.56 Å². The zero-order valence-corrected chi connectivity index (χ0v) is 6.74. The topological polar surface area (TPSA) is 56.6 Å². The van der Waals surface area contributed by atoms with Crippen molar-refractivity contribution in [1.29, 1.82) is 5.26 Å². The van der Waals surface area contributed by atoms with Crippen LogP contribution in [0.1, 0.15) is 5.56 Å². The monoisotopic (exact) mass is 170 g/mol. The third kappa shape index (κ3) is 1.09. The molecule has 0 aliphatic carbocycles. The second-order valence-electron chi connectivity index (χ2n) is 2.69. The fourth-order valence-corrected chi connectivity index (χ4v) is 1.30. The Morgan fingerprint density at radius 2 is 1.92 bits per heavy atom. The standard InChI is InChI=1S/C10H6N2O/c11-5-7-6-12-10(13)9-4-2-1-3-8(7)9/h1-4,6H,(H,12,13). The summed E-state index contributed by atoms with van der Waals surface area (Å²) in [7, 11) is 0. The molecule has 0 bridgehead atoms. The van der Waals surface area contributed by atoms with Gasteiger partial charge in [0.25, 0.3) is 5.56 Å². The summed E-state index contributed by atoms with van der Waals surface area (Å²) in [5.74, 6) is 0. The largest absolute Gasteiger partial charge is 0.327 e. The minimum atomic E-state index is -0.158. The maximum Gasteiger partial charge on any atom is 0.255 e. The summed E-state index contributed by atoms with van der Waals surface area (Å²) < 4.78 is 0. The number of nitrogens with one attached hydrogen (secondary N) is 1. The van der Waals surface area contributed by atoms with Crippen LogP contribution in [0, 0.1) is 11.3 Å². The molecule has 2 aromatic rings. The van der Waals surface area contributed by atoms with Gasteiger partial charge in [-0.15, -0.1) is 0 Å². The first-order chi connectivity index (χ1) is 6.33. The number of pyridine rings is 1. The van der Waals surface area contributed by atoms with Gasteiger partial charge in [0.15, 0.2) is 0 Å². The van der Waals surface area contributed by atoms with Gasteiger partial charge < -0.3 is 4.98 Å². The van der Waals surface area contributed by atoms with Gasteiger partial charge in [0.1, 0.15) is 6.07 Å². The molecular formula is C10H6N2O. The van der Waals surface area contributed by atoms with Gasteiger partial charge in [-0.2, -0.15) is 5.26 Å².